The zero-order valence-electron chi connectivity index (χ0n) is 10.3. The van der Waals surface area contributed by atoms with Crippen molar-refractivity contribution in [3.8, 4) is 11.5 Å². The average molecular weight is 258 g/mol. The Bertz CT molecular complexity index is 552. The molecule has 0 unspecified atom stereocenters. The largest absolute Gasteiger partial charge is 0.455 e. The van der Waals surface area contributed by atoms with E-state index in [4.69, 9.17) is 10.1 Å². The summed E-state index contributed by atoms with van der Waals surface area (Å²) in [7, 11) is 0. The molecule has 1 N–H and O–H groups in total. The summed E-state index contributed by atoms with van der Waals surface area (Å²) < 4.78 is 5.74. The Kier molecular flexibility index (Phi) is 3.99. The van der Waals surface area contributed by atoms with Gasteiger partial charge in [-0.25, -0.2) is 0 Å². The van der Waals surface area contributed by atoms with Crippen LogP contribution in [0.1, 0.15) is 11.3 Å². The third-order valence-corrected chi connectivity index (χ3v) is 3.15. The third-order valence-electron chi connectivity index (χ3n) is 2.51. The van der Waals surface area contributed by atoms with Crippen LogP contribution in [0, 0.1) is 12.3 Å². The molecular formula is C14H14N2OS. The summed E-state index contributed by atoms with van der Waals surface area (Å²) in [4.78, 5) is 4.17. The van der Waals surface area contributed by atoms with Gasteiger partial charge in [-0.1, -0.05) is 0 Å². The highest BCUT2D eigenvalue weighted by molar-refractivity contribution is 8.13. The van der Waals surface area contributed by atoms with Crippen LogP contribution in [0.2, 0.25) is 0 Å². The topological polar surface area (TPSA) is 46.0 Å². The van der Waals surface area contributed by atoms with E-state index in [1.54, 1.807) is 6.20 Å². The Morgan fingerprint density at radius 2 is 1.94 bits per heavy atom. The van der Waals surface area contributed by atoms with E-state index < -0.39 is 0 Å². The molecule has 1 heterocycles. The number of nitrogens with one attached hydrogen (secondary N) is 1. The minimum atomic E-state index is 0.555. The third kappa shape index (κ3) is 2.90. The number of benzene rings is 1. The van der Waals surface area contributed by atoms with Crippen molar-refractivity contribution in [2.24, 2.45) is 0 Å². The van der Waals surface area contributed by atoms with E-state index in [2.05, 4.69) is 4.98 Å². The van der Waals surface area contributed by atoms with E-state index in [9.17, 15) is 0 Å². The Balaban J connectivity index is 2.16. The summed E-state index contributed by atoms with van der Waals surface area (Å²) in [6.07, 6.45) is 3.64. The van der Waals surface area contributed by atoms with Crippen LogP contribution in [0.5, 0.6) is 11.5 Å². The van der Waals surface area contributed by atoms with Gasteiger partial charge in [0, 0.05) is 11.8 Å². The minimum absolute atomic E-state index is 0.555. The summed E-state index contributed by atoms with van der Waals surface area (Å²) in [6, 6.07) is 11.2. The summed E-state index contributed by atoms with van der Waals surface area (Å²) in [5.41, 5.74) is 1.76. The second kappa shape index (κ2) is 5.69. The van der Waals surface area contributed by atoms with Crippen LogP contribution >= 0.6 is 11.8 Å². The molecule has 2 rings (SSSR count). The van der Waals surface area contributed by atoms with Crippen molar-refractivity contribution in [2.45, 2.75) is 6.92 Å². The minimum Gasteiger partial charge on any atom is -0.455 e. The van der Waals surface area contributed by atoms with E-state index in [1.807, 2.05) is 49.6 Å². The van der Waals surface area contributed by atoms with E-state index in [0.29, 0.717) is 5.04 Å². The summed E-state index contributed by atoms with van der Waals surface area (Å²) in [5, 5.41) is 8.27. The predicted octanol–water partition coefficient (Wildman–Crippen LogP) is 3.87. The smallest absolute Gasteiger partial charge is 0.148 e. The molecule has 0 radical (unpaired) electrons. The van der Waals surface area contributed by atoms with Crippen molar-refractivity contribution >= 4 is 16.8 Å². The zero-order chi connectivity index (χ0) is 13.0. The van der Waals surface area contributed by atoms with E-state index in [1.165, 1.54) is 11.8 Å². The Labute approximate surface area is 111 Å². The number of ether oxygens (including phenoxy) is 1. The van der Waals surface area contributed by atoms with Crippen molar-refractivity contribution in [1.82, 2.24) is 4.98 Å². The van der Waals surface area contributed by atoms with Crippen molar-refractivity contribution in [1.29, 1.82) is 5.41 Å². The van der Waals surface area contributed by atoms with Gasteiger partial charge in [0.15, 0.2) is 0 Å². The first-order chi connectivity index (χ1) is 8.70. The molecule has 0 saturated carbocycles. The van der Waals surface area contributed by atoms with Gasteiger partial charge in [0.25, 0.3) is 0 Å². The van der Waals surface area contributed by atoms with Crippen LogP contribution in [-0.4, -0.2) is 16.3 Å². The SMILES string of the molecule is CSC(=N)c1ccc(Oc2cccnc2C)cc1. The lowest BCUT2D eigenvalue weighted by atomic mass is 10.2. The number of hydrogen-bond donors (Lipinski definition) is 1. The fourth-order valence-corrected chi connectivity index (χ4v) is 1.87. The molecule has 18 heavy (non-hydrogen) atoms. The Morgan fingerprint density at radius 1 is 1.22 bits per heavy atom. The lowest BCUT2D eigenvalue weighted by Crippen LogP contribution is -1.93. The highest BCUT2D eigenvalue weighted by Crippen LogP contribution is 2.24. The van der Waals surface area contributed by atoms with Crippen LogP contribution in [0.25, 0.3) is 0 Å². The molecule has 0 amide bonds. The maximum absolute atomic E-state index is 7.72. The molecular weight excluding hydrogens is 244 g/mol. The fraction of sp³-hybridized carbons (Fsp3) is 0.143. The van der Waals surface area contributed by atoms with Crippen molar-refractivity contribution < 1.29 is 4.74 Å². The molecule has 0 atom stereocenters. The lowest BCUT2D eigenvalue weighted by molar-refractivity contribution is 0.476. The van der Waals surface area contributed by atoms with Gasteiger partial charge < -0.3 is 4.74 Å². The standard InChI is InChI=1S/C14H14N2OS/c1-10-13(4-3-9-16-10)17-12-7-5-11(6-8-12)14(15)18-2/h3-9,15H,1-2H3. The summed E-state index contributed by atoms with van der Waals surface area (Å²) >= 11 is 1.42. The van der Waals surface area contributed by atoms with E-state index >= 15 is 0 Å². The first-order valence-corrected chi connectivity index (χ1v) is 6.75. The van der Waals surface area contributed by atoms with Gasteiger partial charge >= 0.3 is 0 Å². The molecule has 0 aliphatic heterocycles. The summed E-state index contributed by atoms with van der Waals surface area (Å²) in [5.74, 6) is 1.51. The number of thioether (sulfide) groups is 1. The lowest BCUT2D eigenvalue weighted by Gasteiger charge is -2.08. The molecule has 0 aliphatic carbocycles. The second-order valence-electron chi connectivity index (χ2n) is 3.75. The normalized spacial score (nSPS) is 10.1. The highest BCUT2D eigenvalue weighted by Gasteiger charge is 2.03. The number of aromatic nitrogens is 1. The highest BCUT2D eigenvalue weighted by atomic mass is 32.2. The van der Waals surface area contributed by atoms with Crippen LogP contribution in [-0.2, 0) is 0 Å². The van der Waals surface area contributed by atoms with Crippen molar-refractivity contribution in [3.63, 3.8) is 0 Å². The molecule has 92 valence electrons. The number of hydrogen-bond acceptors (Lipinski definition) is 4. The van der Waals surface area contributed by atoms with Gasteiger partial charge in [0.2, 0.25) is 0 Å². The fourth-order valence-electron chi connectivity index (χ4n) is 1.50. The molecule has 0 fully saturated rings. The monoisotopic (exact) mass is 258 g/mol. The maximum atomic E-state index is 7.72. The zero-order valence-corrected chi connectivity index (χ0v) is 11.1. The van der Waals surface area contributed by atoms with Gasteiger partial charge in [0.1, 0.15) is 11.5 Å². The summed E-state index contributed by atoms with van der Waals surface area (Å²) in [6.45, 7) is 1.91. The molecule has 0 spiro atoms. The first kappa shape index (κ1) is 12.6. The van der Waals surface area contributed by atoms with Crippen LogP contribution < -0.4 is 4.74 Å². The second-order valence-corrected chi connectivity index (χ2v) is 4.56. The number of aryl methyl sites for hydroxylation is 1. The van der Waals surface area contributed by atoms with Crippen LogP contribution in [0.3, 0.4) is 0 Å². The van der Waals surface area contributed by atoms with Crippen LogP contribution in [0.15, 0.2) is 42.6 Å². The Hall–Kier alpha value is -1.81. The molecule has 2 aromatic rings. The molecule has 1 aromatic heterocycles. The molecule has 3 nitrogen and oxygen atoms in total. The van der Waals surface area contributed by atoms with E-state index in [0.717, 1.165) is 22.8 Å². The maximum Gasteiger partial charge on any atom is 0.148 e. The number of rotatable bonds is 3. The van der Waals surface area contributed by atoms with Gasteiger partial charge in [0.05, 0.1) is 10.7 Å². The molecule has 0 aliphatic rings. The Morgan fingerprint density at radius 3 is 2.56 bits per heavy atom. The molecule has 0 bridgehead atoms. The van der Waals surface area contributed by atoms with Crippen LogP contribution in [0.4, 0.5) is 0 Å². The molecule has 0 saturated heterocycles. The van der Waals surface area contributed by atoms with Gasteiger partial charge in [-0.2, -0.15) is 0 Å². The van der Waals surface area contributed by atoms with Gasteiger partial charge in [-0.05, 0) is 49.6 Å². The average Bonchev–Trinajstić information content (AvgIpc) is 2.41. The predicted molar refractivity (Wildman–Crippen MR) is 75.8 cm³/mol. The van der Waals surface area contributed by atoms with Gasteiger partial charge in [-0.3, -0.25) is 10.4 Å². The van der Waals surface area contributed by atoms with Crippen molar-refractivity contribution in [2.75, 3.05) is 6.26 Å². The number of nitrogens with zero attached hydrogens (tertiary/aromatic N) is 1. The van der Waals surface area contributed by atoms with Crippen molar-refractivity contribution in [3.05, 3.63) is 53.9 Å². The molecule has 4 heteroatoms. The molecule has 1 aromatic carbocycles. The first-order valence-electron chi connectivity index (χ1n) is 5.53. The van der Waals surface area contributed by atoms with E-state index in [-0.39, 0.29) is 0 Å². The number of pyridine rings is 1. The van der Waals surface area contributed by atoms with Gasteiger partial charge in [-0.15, -0.1) is 11.8 Å². The quantitative estimate of drug-likeness (QED) is 0.671.